The number of hydrogen-bond acceptors (Lipinski definition) is 2. The highest BCUT2D eigenvalue weighted by molar-refractivity contribution is 6.31. The second-order valence-electron chi connectivity index (χ2n) is 6.77. The molecule has 0 radical (unpaired) electrons. The van der Waals surface area contributed by atoms with Crippen molar-refractivity contribution in [3.63, 3.8) is 0 Å². The molecule has 0 unspecified atom stereocenters. The number of allylic oxidation sites excluding steroid dienone is 2. The quantitative estimate of drug-likeness (QED) is 0.848. The van der Waals surface area contributed by atoms with Crippen LogP contribution < -0.4 is 5.32 Å². The summed E-state index contributed by atoms with van der Waals surface area (Å²) in [5.74, 6) is -1.25. The Morgan fingerprint density at radius 3 is 2.35 bits per heavy atom. The summed E-state index contributed by atoms with van der Waals surface area (Å²) in [7, 11) is 0. The summed E-state index contributed by atoms with van der Waals surface area (Å²) >= 11 is 6.29. The number of Topliss-reactive ketones (excluding diaryl/α,β-unsaturated/α-hetero) is 1. The zero-order valence-corrected chi connectivity index (χ0v) is 14.7. The zero-order valence-electron chi connectivity index (χ0n) is 14.0. The normalized spacial score (nSPS) is 22.8. The van der Waals surface area contributed by atoms with Gasteiger partial charge < -0.3 is 5.32 Å². The van der Waals surface area contributed by atoms with Crippen molar-refractivity contribution in [3.8, 4) is 0 Å². The highest BCUT2D eigenvalue weighted by Crippen LogP contribution is 2.44. The van der Waals surface area contributed by atoms with Gasteiger partial charge in [-0.05, 0) is 35.6 Å². The lowest BCUT2D eigenvalue weighted by atomic mass is 9.73. The number of carbonyl (C=O) groups is 2. The minimum absolute atomic E-state index is 0.0515. The lowest BCUT2D eigenvalue weighted by molar-refractivity contribution is -0.122. The molecule has 1 aliphatic carbocycles. The summed E-state index contributed by atoms with van der Waals surface area (Å²) in [5, 5.41) is 3.45. The van der Waals surface area contributed by atoms with Crippen molar-refractivity contribution < 1.29 is 14.0 Å². The van der Waals surface area contributed by atoms with E-state index in [1.165, 1.54) is 6.07 Å². The molecule has 2 atom stereocenters. The SMILES string of the molecule is O=C1C[C@H](c2ccccc2F)C2=C(C[C@@H](c3ccccc3Cl)CC2=O)N1. The molecule has 1 aliphatic heterocycles. The molecule has 0 spiro atoms. The lowest BCUT2D eigenvalue weighted by Gasteiger charge is -2.34. The smallest absolute Gasteiger partial charge is 0.225 e. The Bertz CT molecular complexity index is 937. The molecule has 0 aromatic heterocycles. The first-order valence-corrected chi connectivity index (χ1v) is 8.97. The Morgan fingerprint density at radius 1 is 0.923 bits per heavy atom. The van der Waals surface area contributed by atoms with Gasteiger partial charge in [-0.1, -0.05) is 48.0 Å². The molecule has 1 heterocycles. The highest BCUT2D eigenvalue weighted by Gasteiger charge is 2.39. The molecular weight excluding hydrogens is 353 g/mol. The molecule has 3 nitrogen and oxygen atoms in total. The van der Waals surface area contributed by atoms with Crippen molar-refractivity contribution in [1.29, 1.82) is 0 Å². The lowest BCUT2D eigenvalue weighted by Crippen LogP contribution is -2.38. The molecule has 1 amide bonds. The van der Waals surface area contributed by atoms with E-state index in [9.17, 15) is 14.0 Å². The number of nitrogens with one attached hydrogen (secondary N) is 1. The maximum absolute atomic E-state index is 14.3. The van der Waals surface area contributed by atoms with Crippen LogP contribution in [0, 0.1) is 5.82 Å². The molecule has 0 saturated heterocycles. The third kappa shape index (κ3) is 2.95. The average molecular weight is 370 g/mol. The van der Waals surface area contributed by atoms with E-state index >= 15 is 0 Å². The predicted octanol–water partition coefficient (Wildman–Crippen LogP) is 4.48. The Labute approximate surface area is 155 Å². The summed E-state index contributed by atoms with van der Waals surface area (Å²) in [6.07, 6.45) is 0.910. The van der Waals surface area contributed by atoms with Gasteiger partial charge in [-0.25, -0.2) is 4.39 Å². The number of carbonyl (C=O) groups excluding carboxylic acids is 2. The molecule has 4 rings (SSSR count). The van der Waals surface area contributed by atoms with Crippen LogP contribution in [0.5, 0.6) is 0 Å². The third-order valence-electron chi connectivity index (χ3n) is 5.16. The van der Waals surface area contributed by atoms with E-state index in [4.69, 9.17) is 11.6 Å². The van der Waals surface area contributed by atoms with E-state index in [-0.39, 0.29) is 29.8 Å². The van der Waals surface area contributed by atoms with Gasteiger partial charge in [0.05, 0.1) is 0 Å². The molecular formula is C21H17ClFNO2. The Morgan fingerprint density at radius 2 is 1.62 bits per heavy atom. The number of ketones is 1. The third-order valence-corrected chi connectivity index (χ3v) is 5.51. The van der Waals surface area contributed by atoms with Crippen molar-refractivity contribution in [1.82, 2.24) is 5.32 Å². The Balaban J connectivity index is 1.76. The predicted molar refractivity (Wildman–Crippen MR) is 97.4 cm³/mol. The van der Waals surface area contributed by atoms with Gasteiger partial charge >= 0.3 is 0 Å². The maximum atomic E-state index is 14.3. The van der Waals surface area contributed by atoms with Gasteiger partial charge in [0.15, 0.2) is 5.78 Å². The van der Waals surface area contributed by atoms with Crippen LogP contribution in [-0.4, -0.2) is 11.7 Å². The van der Waals surface area contributed by atoms with E-state index in [0.29, 0.717) is 34.7 Å². The Hall–Kier alpha value is -2.46. The largest absolute Gasteiger partial charge is 0.329 e. The van der Waals surface area contributed by atoms with E-state index in [2.05, 4.69) is 5.32 Å². The molecule has 5 heteroatoms. The van der Waals surface area contributed by atoms with E-state index < -0.39 is 5.92 Å². The van der Waals surface area contributed by atoms with Crippen LogP contribution in [0.15, 0.2) is 59.8 Å². The summed E-state index contributed by atoms with van der Waals surface area (Å²) in [6.45, 7) is 0. The fourth-order valence-corrected chi connectivity index (χ4v) is 4.30. The van der Waals surface area contributed by atoms with Gasteiger partial charge in [-0.3, -0.25) is 9.59 Å². The zero-order chi connectivity index (χ0) is 18.3. The fourth-order valence-electron chi connectivity index (χ4n) is 4.01. The molecule has 0 fully saturated rings. The summed E-state index contributed by atoms with van der Waals surface area (Å²) < 4.78 is 14.3. The first-order valence-electron chi connectivity index (χ1n) is 8.59. The monoisotopic (exact) mass is 369 g/mol. The molecule has 0 bridgehead atoms. The van der Waals surface area contributed by atoms with E-state index in [0.717, 1.165) is 5.56 Å². The van der Waals surface area contributed by atoms with Gasteiger partial charge in [-0.15, -0.1) is 0 Å². The molecule has 1 N–H and O–H groups in total. The molecule has 26 heavy (non-hydrogen) atoms. The van der Waals surface area contributed by atoms with Crippen LogP contribution in [0.25, 0.3) is 0 Å². The van der Waals surface area contributed by atoms with Crippen molar-refractivity contribution in [2.75, 3.05) is 0 Å². The number of hydrogen-bond donors (Lipinski definition) is 1. The van der Waals surface area contributed by atoms with Crippen LogP contribution >= 0.6 is 11.6 Å². The average Bonchev–Trinajstić information content (AvgIpc) is 2.61. The molecule has 2 aliphatic rings. The molecule has 2 aromatic carbocycles. The standard InChI is InChI=1S/C21H17ClFNO2/c22-16-7-3-1-5-13(16)12-9-18-21(19(25)10-12)15(11-20(26)24-18)14-6-2-4-8-17(14)23/h1-8,12,15H,9-11H2,(H,24,26)/t12-,15-/m1/s1. The minimum atomic E-state index is -0.528. The van der Waals surface area contributed by atoms with Crippen LogP contribution in [0.1, 0.15) is 42.2 Å². The number of rotatable bonds is 2. The second-order valence-corrected chi connectivity index (χ2v) is 7.18. The van der Waals surface area contributed by atoms with E-state index in [1.807, 2.05) is 18.2 Å². The van der Waals surface area contributed by atoms with Crippen LogP contribution in [-0.2, 0) is 9.59 Å². The van der Waals surface area contributed by atoms with Crippen LogP contribution in [0.2, 0.25) is 5.02 Å². The molecule has 132 valence electrons. The van der Waals surface area contributed by atoms with Crippen molar-refractivity contribution in [2.45, 2.75) is 31.1 Å². The van der Waals surface area contributed by atoms with Gasteiger partial charge in [-0.2, -0.15) is 0 Å². The van der Waals surface area contributed by atoms with Crippen molar-refractivity contribution in [2.24, 2.45) is 0 Å². The number of halogens is 2. The second kappa shape index (κ2) is 6.69. The van der Waals surface area contributed by atoms with Crippen LogP contribution in [0.3, 0.4) is 0 Å². The highest BCUT2D eigenvalue weighted by atomic mass is 35.5. The first-order chi connectivity index (χ1) is 12.5. The maximum Gasteiger partial charge on any atom is 0.225 e. The molecule has 2 aromatic rings. The topological polar surface area (TPSA) is 46.2 Å². The fraction of sp³-hybridized carbons (Fsp3) is 0.238. The number of amides is 1. The summed E-state index contributed by atoms with van der Waals surface area (Å²) in [4.78, 5) is 25.2. The summed E-state index contributed by atoms with van der Waals surface area (Å²) in [6, 6.07) is 13.8. The Kier molecular flexibility index (Phi) is 4.37. The van der Waals surface area contributed by atoms with Crippen molar-refractivity contribution in [3.05, 3.63) is 81.8 Å². The molecule has 0 saturated carbocycles. The van der Waals surface area contributed by atoms with E-state index in [1.54, 1.807) is 24.3 Å². The van der Waals surface area contributed by atoms with Gasteiger partial charge in [0.2, 0.25) is 5.91 Å². The van der Waals surface area contributed by atoms with Gasteiger partial charge in [0, 0.05) is 35.1 Å². The first kappa shape index (κ1) is 17.0. The van der Waals surface area contributed by atoms with Gasteiger partial charge in [0.25, 0.3) is 0 Å². The minimum Gasteiger partial charge on any atom is -0.329 e. The van der Waals surface area contributed by atoms with Crippen LogP contribution in [0.4, 0.5) is 4.39 Å². The van der Waals surface area contributed by atoms with Crippen molar-refractivity contribution >= 4 is 23.3 Å². The van der Waals surface area contributed by atoms with Gasteiger partial charge in [0.1, 0.15) is 5.82 Å². The summed E-state index contributed by atoms with van der Waals surface area (Å²) in [5.41, 5.74) is 2.45. The number of benzene rings is 2.